The molecule has 0 aromatic carbocycles. The molecule has 0 spiro atoms. The summed E-state index contributed by atoms with van der Waals surface area (Å²) in [5.74, 6) is -0.845. The van der Waals surface area contributed by atoms with Crippen LogP contribution < -0.4 is 0 Å². The Kier molecular flexibility index (Phi) is 57.1. The molecule has 0 radical (unpaired) electrons. The van der Waals surface area contributed by atoms with Gasteiger partial charge in [0.1, 0.15) is 13.2 Å². The lowest BCUT2D eigenvalue weighted by atomic mass is 10.0. The van der Waals surface area contributed by atoms with Crippen molar-refractivity contribution in [3.05, 3.63) is 12.2 Å². The molecule has 0 heterocycles. The van der Waals surface area contributed by atoms with Crippen LogP contribution in [-0.2, 0) is 28.6 Å². The SMILES string of the molecule is CCCCCCCC/C=C\CCCCCCCC(=O)OCC(COC(=O)CCCCCCCCCCCCCCCCCCCCC)OC(=O)CCCCCCCCCCCCCCCCCCC. The van der Waals surface area contributed by atoms with Crippen LogP contribution in [-0.4, -0.2) is 37.2 Å². The van der Waals surface area contributed by atoms with Crippen molar-refractivity contribution in [2.75, 3.05) is 13.2 Å². The molecule has 0 aliphatic heterocycles. The van der Waals surface area contributed by atoms with Crippen molar-refractivity contribution in [1.82, 2.24) is 0 Å². The number of ether oxygens (including phenoxy) is 3. The molecule has 1 unspecified atom stereocenters. The predicted octanol–water partition coefficient (Wildman–Crippen LogP) is 20.9. The van der Waals surface area contributed by atoms with Gasteiger partial charge in [0.2, 0.25) is 0 Å². The van der Waals surface area contributed by atoms with Gasteiger partial charge in [0.05, 0.1) is 0 Å². The lowest BCUT2D eigenvalue weighted by Gasteiger charge is -2.18. The molecule has 1 atom stereocenters. The molecule has 6 nitrogen and oxygen atoms in total. The summed E-state index contributed by atoms with van der Waals surface area (Å²) >= 11 is 0. The molecule has 0 aromatic rings. The zero-order valence-corrected chi connectivity index (χ0v) is 46.9. The second-order valence-electron chi connectivity index (χ2n) is 21.3. The number of hydrogen-bond acceptors (Lipinski definition) is 6. The maximum atomic E-state index is 12.9. The molecular weight excluding hydrogens is 853 g/mol. The minimum absolute atomic E-state index is 0.0660. The second-order valence-corrected chi connectivity index (χ2v) is 21.3. The summed E-state index contributed by atoms with van der Waals surface area (Å²) in [5, 5.41) is 0. The van der Waals surface area contributed by atoms with Crippen LogP contribution in [0.1, 0.15) is 355 Å². The van der Waals surface area contributed by atoms with Crippen LogP contribution in [0.4, 0.5) is 0 Å². The van der Waals surface area contributed by atoms with Gasteiger partial charge in [-0.1, -0.05) is 303 Å². The van der Waals surface area contributed by atoms with Crippen molar-refractivity contribution in [2.45, 2.75) is 361 Å². The first-order valence-corrected chi connectivity index (χ1v) is 31.2. The van der Waals surface area contributed by atoms with Crippen molar-refractivity contribution < 1.29 is 28.6 Å². The topological polar surface area (TPSA) is 78.9 Å². The van der Waals surface area contributed by atoms with Crippen molar-refractivity contribution in [3.63, 3.8) is 0 Å². The van der Waals surface area contributed by atoms with E-state index in [0.717, 1.165) is 64.2 Å². The van der Waals surface area contributed by atoms with E-state index in [1.807, 2.05) is 0 Å². The van der Waals surface area contributed by atoms with Gasteiger partial charge >= 0.3 is 17.9 Å². The lowest BCUT2D eigenvalue weighted by Crippen LogP contribution is -2.30. The van der Waals surface area contributed by atoms with E-state index in [2.05, 4.69) is 32.9 Å². The number of carbonyl (C=O) groups excluding carboxylic acids is 3. The maximum absolute atomic E-state index is 12.9. The Labute approximate surface area is 431 Å². The minimum Gasteiger partial charge on any atom is -0.462 e. The third-order valence-corrected chi connectivity index (χ3v) is 14.3. The molecule has 408 valence electrons. The van der Waals surface area contributed by atoms with Crippen LogP contribution in [0, 0.1) is 0 Å². The van der Waals surface area contributed by atoms with Crippen LogP contribution >= 0.6 is 0 Å². The molecule has 0 amide bonds. The van der Waals surface area contributed by atoms with Crippen LogP contribution in [0.2, 0.25) is 0 Å². The third kappa shape index (κ3) is 56.9. The average molecular weight is 974 g/mol. The molecule has 0 aliphatic rings. The van der Waals surface area contributed by atoms with Gasteiger partial charge in [0.25, 0.3) is 0 Å². The van der Waals surface area contributed by atoms with Gasteiger partial charge in [-0.2, -0.15) is 0 Å². The summed E-state index contributed by atoms with van der Waals surface area (Å²) in [4.78, 5) is 38.2. The third-order valence-electron chi connectivity index (χ3n) is 14.3. The summed E-state index contributed by atoms with van der Waals surface area (Å²) in [6.07, 6.45) is 67.8. The summed E-state index contributed by atoms with van der Waals surface area (Å²) in [7, 11) is 0. The van der Waals surface area contributed by atoms with E-state index in [9.17, 15) is 14.4 Å². The number of carbonyl (C=O) groups is 3. The highest BCUT2D eigenvalue weighted by molar-refractivity contribution is 5.71. The van der Waals surface area contributed by atoms with Crippen LogP contribution in [0.15, 0.2) is 12.2 Å². The fourth-order valence-corrected chi connectivity index (χ4v) is 9.56. The van der Waals surface area contributed by atoms with E-state index < -0.39 is 6.10 Å². The van der Waals surface area contributed by atoms with E-state index in [-0.39, 0.29) is 31.1 Å². The molecule has 0 aromatic heterocycles. The Morgan fingerprint density at radius 1 is 0.275 bits per heavy atom. The quantitative estimate of drug-likeness (QED) is 0.0261. The van der Waals surface area contributed by atoms with Crippen molar-refractivity contribution in [3.8, 4) is 0 Å². The van der Waals surface area contributed by atoms with Gasteiger partial charge in [0.15, 0.2) is 6.10 Å². The zero-order chi connectivity index (χ0) is 50.0. The Morgan fingerprint density at radius 2 is 0.478 bits per heavy atom. The molecule has 0 N–H and O–H groups in total. The normalized spacial score (nSPS) is 12.0. The molecule has 69 heavy (non-hydrogen) atoms. The highest BCUT2D eigenvalue weighted by Gasteiger charge is 2.19. The Hall–Kier alpha value is -1.85. The van der Waals surface area contributed by atoms with E-state index in [1.165, 1.54) is 250 Å². The number of hydrogen-bond donors (Lipinski definition) is 0. The van der Waals surface area contributed by atoms with Crippen molar-refractivity contribution >= 4 is 17.9 Å². The van der Waals surface area contributed by atoms with Gasteiger partial charge in [-0.25, -0.2) is 0 Å². The number of rotatable bonds is 58. The van der Waals surface area contributed by atoms with E-state index >= 15 is 0 Å². The highest BCUT2D eigenvalue weighted by Crippen LogP contribution is 2.18. The van der Waals surface area contributed by atoms with Gasteiger partial charge in [-0.3, -0.25) is 14.4 Å². The van der Waals surface area contributed by atoms with E-state index in [4.69, 9.17) is 14.2 Å². The molecular formula is C63H120O6. The number of allylic oxidation sites excluding steroid dienone is 2. The van der Waals surface area contributed by atoms with Gasteiger partial charge in [-0.05, 0) is 44.9 Å². The molecule has 0 fully saturated rings. The minimum atomic E-state index is -0.768. The first-order chi connectivity index (χ1) is 34.0. The van der Waals surface area contributed by atoms with E-state index in [1.54, 1.807) is 0 Å². The number of esters is 3. The van der Waals surface area contributed by atoms with Crippen molar-refractivity contribution in [2.24, 2.45) is 0 Å². The highest BCUT2D eigenvalue weighted by atomic mass is 16.6. The first-order valence-electron chi connectivity index (χ1n) is 31.2. The molecule has 6 heteroatoms. The fraction of sp³-hybridized carbons (Fsp3) is 0.921. The Morgan fingerprint density at radius 3 is 0.725 bits per heavy atom. The average Bonchev–Trinajstić information content (AvgIpc) is 3.35. The standard InChI is InChI=1S/C63H120O6/c1-4-7-10-13-16-19-22-25-28-30-31-33-35-38-41-44-47-50-53-56-62(65)68-59-60(58-67-61(64)55-52-49-46-43-40-37-34-27-24-21-18-15-12-9-6-3)69-63(66)57-54-51-48-45-42-39-36-32-29-26-23-20-17-14-11-8-5-2/h27,34,60H,4-26,28-33,35-59H2,1-3H3/b34-27-. The Bertz CT molecular complexity index is 1070. The lowest BCUT2D eigenvalue weighted by molar-refractivity contribution is -0.167. The van der Waals surface area contributed by atoms with Gasteiger partial charge in [-0.15, -0.1) is 0 Å². The Balaban J connectivity index is 4.30. The zero-order valence-electron chi connectivity index (χ0n) is 46.9. The second kappa shape index (κ2) is 58.7. The van der Waals surface area contributed by atoms with Gasteiger partial charge < -0.3 is 14.2 Å². The summed E-state index contributed by atoms with van der Waals surface area (Å²) < 4.78 is 16.9. The fourth-order valence-electron chi connectivity index (χ4n) is 9.56. The summed E-state index contributed by atoms with van der Waals surface area (Å²) in [6.45, 7) is 6.70. The molecule has 0 aliphatic carbocycles. The van der Waals surface area contributed by atoms with Crippen LogP contribution in [0.25, 0.3) is 0 Å². The predicted molar refractivity (Wildman–Crippen MR) is 298 cm³/mol. The maximum Gasteiger partial charge on any atom is 0.306 e. The smallest absolute Gasteiger partial charge is 0.306 e. The molecule has 0 bridgehead atoms. The van der Waals surface area contributed by atoms with Crippen LogP contribution in [0.3, 0.4) is 0 Å². The monoisotopic (exact) mass is 973 g/mol. The van der Waals surface area contributed by atoms with Gasteiger partial charge in [0, 0.05) is 19.3 Å². The van der Waals surface area contributed by atoms with Crippen molar-refractivity contribution in [1.29, 1.82) is 0 Å². The van der Waals surface area contributed by atoms with Crippen LogP contribution in [0.5, 0.6) is 0 Å². The molecule has 0 saturated carbocycles. The summed E-state index contributed by atoms with van der Waals surface area (Å²) in [6, 6.07) is 0. The first kappa shape index (κ1) is 67.1. The molecule has 0 saturated heterocycles. The molecule has 0 rings (SSSR count). The summed E-state index contributed by atoms with van der Waals surface area (Å²) in [5.41, 5.74) is 0. The largest absolute Gasteiger partial charge is 0.462 e. The number of unbranched alkanes of at least 4 members (excludes halogenated alkanes) is 45. The van der Waals surface area contributed by atoms with E-state index in [0.29, 0.717) is 19.3 Å².